The highest BCUT2D eigenvalue weighted by molar-refractivity contribution is 6.51. The minimum absolute atomic E-state index is 0.254. The van der Waals surface area contributed by atoms with Crippen LogP contribution in [0.1, 0.15) is 24.7 Å². The molecule has 6 heteroatoms. The summed E-state index contributed by atoms with van der Waals surface area (Å²) in [6.07, 6.45) is 8.14. The Balaban J connectivity index is 1.48. The molecule has 1 aliphatic carbocycles. The highest BCUT2D eigenvalue weighted by Gasteiger charge is 2.30. The van der Waals surface area contributed by atoms with Crippen LogP contribution < -0.4 is 5.32 Å². The Labute approximate surface area is 171 Å². The van der Waals surface area contributed by atoms with E-state index in [1.54, 1.807) is 14.1 Å². The Kier molecular flexibility index (Phi) is 5.45. The number of nitrogens with zero attached hydrogens (tertiary/aromatic N) is 4. The number of aliphatic imine (C=N–C) groups is 2. The number of aromatic nitrogens is 2. The van der Waals surface area contributed by atoms with Crippen LogP contribution in [0.5, 0.6) is 0 Å². The number of H-pyrrole nitrogens is 1. The number of benzene rings is 1. The zero-order chi connectivity index (χ0) is 20.4. The van der Waals surface area contributed by atoms with Gasteiger partial charge in [0.25, 0.3) is 0 Å². The van der Waals surface area contributed by atoms with E-state index in [0.29, 0.717) is 6.04 Å². The van der Waals surface area contributed by atoms with E-state index in [-0.39, 0.29) is 6.04 Å². The van der Waals surface area contributed by atoms with Crippen molar-refractivity contribution in [1.82, 2.24) is 20.2 Å². The Morgan fingerprint density at radius 3 is 2.76 bits per heavy atom. The van der Waals surface area contributed by atoms with Gasteiger partial charge < -0.3 is 10.3 Å². The lowest BCUT2D eigenvalue weighted by atomic mass is 9.95. The van der Waals surface area contributed by atoms with Crippen molar-refractivity contribution in [2.75, 3.05) is 27.7 Å². The maximum absolute atomic E-state index is 4.83. The predicted molar refractivity (Wildman–Crippen MR) is 121 cm³/mol. The van der Waals surface area contributed by atoms with Gasteiger partial charge in [-0.15, -0.1) is 0 Å². The third-order valence-corrected chi connectivity index (χ3v) is 5.78. The second kappa shape index (κ2) is 8.17. The number of hydrogen-bond donors (Lipinski definition) is 2. The van der Waals surface area contributed by atoms with E-state index in [1.807, 2.05) is 24.3 Å². The molecule has 0 saturated carbocycles. The minimum Gasteiger partial charge on any atom is -0.382 e. The number of imidazole rings is 1. The first-order chi connectivity index (χ1) is 14.1. The topological polar surface area (TPSA) is 68.7 Å². The van der Waals surface area contributed by atoms with Gasteiger partial charge in [0.05, 0.1) is 28.5 Å². The van der Waals surface area contributed by atoms with Gasteiger partial charge in [-0.2, -0.15) is 0 Å². The third kappa shape index (κ3) is 3.93. The van der Waals surface area contributed by atoms with Crippen molar-refractivity contribution in [2.24, 2.45) is 9.98 Å². The van der Waals surface area contributed by atoms with E-state index >= 15 is 0 Å². The number of rotatable bonds is 4. The first-order valence-electron chi connectivity index (χ1n) is 10.0. The lowest BCUT2D eigenvalue weighted by molar-refractivity contribution is 0.155. The summed E-state index contributed by atoms with van der Waals surface area (Å²) >= 11 is 0. The Morgan fingerprint density at radius 2 is 2.00 bits per heavy atom. The predicted octanol–water partition coefficient (Wildman–Crippen LogP) is 3.44. The molecular weight excluding hydrogens is 360 g/mol. The molecule has 2 aromatic rings. The van der Waals surface area contributed by atoms with E-state index in [2.05, 4.69) is 57.0 Å². The molecule has 1 aromatic carbocycles. The highest BCUT2D eigenvalue weighted by Crippen LogP contribution is 2.30. The number of likely N-dealkylation sites (tertiary alicyclic amines) is 1. The SMILES string of the molecule is C=C(N[C@@H]1CCN(C)C(c2nc3ccccc3[nH]2)C1)C1=CC(=N/C)/C(=N\C)C=C1. The molecule has 2 N–H and O–H groups in total. The molecule has 6 nitrogen and oxygen atoms in total. The summed E-state index contributed by atoms with van der Waals surface area (Å²) in [5, 5.41) is 3.64. The Hall–Kier alpha value is -2.99. The van der Waals surface area contributed by atoms with Crippen LogP contribution in [0.3, 0.4) is 0 Å². The van der Waals surface area contributed by atoms with Crippen LogP contribution in [0.25, 0.3) is 11.0 Å². The van der Waals surface area contributed by atoms with Crippen LogP contribution in [-0.2, 0) is 0 Å². The van der Waals surface area contributed by atoms with Gasteiger partial charge in [0.2, 0.25) is 0 Å². The van der Waals surface area contributed by atoms with Crippen molar-refractivity contribution in [3.8, 4) is 0 Å². The smallest absolute Gasteiger partial charge is 0.124 e. The largest absolute Gasteiger partial charge is 0.382 e. The van der Waals surface area contributed by atoms with Gasteiger partial charge in [0.1, 0.15) is 5.82 Å². The Morgan fingerprint density at radius 1 is 1.21 bits per heavy atom. The molecule has 1 aromatic heterocycles. The molecular formula is C23H28N6. The van der Waals surface area contributed by atoms with Crippen LogP contribution in [0.2, 0.25) is 0 Å². The van der Waals surface area contributed by atoms with Gasteiger partial charge in [-0.05, 0) is 49.7 Å². The number of fused-ring (bicyclic) bond motifs is 1. The standard InChI is InChI=1S/C23H28N6/c1-15(16-9-10-18(24-2)21(13-16)25-3)26-17-11-12-29(4)22(14-17)23-27-19-7-5-6-8-20(19)28-23/h5-10,13,17,22,26H,1,11-12,14H2,2-4H3,(H,27,28)/b24-18-,25-21-/t17-,22?/m1/s1. The van der Waals surface area contributed by atoms with Crippen molar-refractivity contribution in [3.63, 3.8) is 0 Å². The molecule has 150 valence electrons. The van der Waals surface area contributed by atoms with Crippen LogP contribution in [0.4, 0.5) is 0 Å². The van der Waals surface area contributed by atoms with E-state index in [4.69, 9.17) is 4.98 Å². The summed E-state index contributed by atoms with van der Waals surface area (Å²) in [6, 6.07) is 8.79. The lowest BCUT2D eigenvalue weighted by Gasteiger charge is -2.37. The summed E-state index contributed by atoms with van der Waals surface area (Å²) in [5.41, 5.74) is 5.87. The molecule has 2 atom stereocenters. The van der Waals surface area contributed by atoms with Gasteiger partial charge in [-0.25, -0.2) is 4.98 Å². The zero-order valence-corrected chi connectivity index (χ0v) is 17.3. The quantitative estimate of drug-likeness (QED) is 0.789. The molecule has 1 saturated heterocycles. The maximum Gasteiger partial charge on any atom is 0.124 e. The Bertz CT molecular complexity index is 1010. The van der Waals surface area contributed by atoms with E-state index in [1.165, 1.54) is 0 Å². The van der Waals surface area contributed by atoms with Crippen LogP contribution >= 0.6 is 0 Å². The van der Waals surface area contributed by atoms with Gasteiger partial charge in [0, 0.05) is 32.4 Å². The fourth-order valence-electron chi connectivity index (χ4n) is 4.07. The molecule has 29 heavy (non-hydrogen) atoms. The van der Waals surface area contributed by atoms with Crippen LogP contribution in [0, 0.1) is 0 Å². The maximum atomic E-state index is 4.83. The normalized spacial score (nSPS) is 25.6. The van der Waals surface area contributed by atoms with E-state index in [9.17, 15) is 0 Å². The second-order valence-corrected chi connectivity index (χ2v) is 7.63. The number of hydrogen-bond acceptors (Lipinski definition) is 5. The molecule has 0 bridgehead atoms. The molecule has 0 radical (unpaired) electrons. The average molecular weight is 389 g/mol. The molecule has 1 aliphatic heterocycles. The van der Waals surface area contributed by atoms with Gasteiger partial charge in [-0.3, -0.25) is 14.9 Å². The molecule has 0 spiro atoms. The van der Waals surface area contributed by atoms with Crippen molar-refractivity contribution in [2.45, 2.75) is 24.9 Å². The second-order valence-electron chi connectivity index (χ2n) is 7.63. The molecule has 1 unspecified atom stereocenters. The van der Waals surface area contributed by atoms with Crippen molar-refractivity contribution < 1.29 is 0 Å². The summed E-state index contributed by atoms with van der Waals surface area (Å²) < 4.78 is 0. The molecule has 1 fully saturated rings. The van der Waals surface area contributed by atoms with Crippen molar-refractivity contribution >= 4 is 22.5 Å². The van der Waals surface area contributed by atoms with Crippen molar-refractivity contribution in [3.05, 3.63) is 66.2 Å². The van der Waals surface area contributed by atoms with E-state index < -0.39 is 0 Å². The number of para-hydroxylation sites is 2. The summed E-state index contributed by atoms with van der Waals surface area (Å²) in [4.78, 5) is 19.3. The third-order valence-electron chi connectivity index (χ3n) is 5.78. The monoisotopic (exact) mass is 388 g/mol. The van der Waals surface area contributed by atoms with Gasteiger partial charge in [0.15, 0.2) is 0 Å². The summed E-state index contributed by atoms with van der Waals surface area (Å²) in [6.45, 7) is 5.29. The molecule has 0 amide bonds. The average Bonchev–Trinajstić information content (AvgIpc) is 3.18. The highest BCUT2D eigenvalue weighted by atomic mass is 15.2. The van der Waals surface area contributed by atoms with Crippen LogP contribution in [-0.4, -0.2) is 60.0 Å². The first-order valence-corrected chi connectivity index (χ1v) is 10.0. The molecule has 2 aliphatic rings. The number of allylic oxidation sites excluding steroid dienone is 3. The van der Waals surface area contributed by atoms with Crippen molar-refractivity contribution in [1.29, 1.82) is 0 Å². The lowest BCUT2D eigenvalue weighted by Crippen LogP contribution is -2.42. The zero-order valence-electron chi connectivity index (χ0n) is 17.3. The summed E-state index contributed by atoms with van der Waals surface area (Å²) in [7, 11) is 5.75. The first kappa shape index (κ1) is 19.3. The minimum atomic E-state index is 0.254. The number of aromatic amines is 1. The number of nitrogens with one attached hydrogen (secondary N) is 2. The fourth-order valence-corrected chi connectivity index (χ4v) is 4.07. The van der Waals surface area contributed by atoms with Gasteiger partial charge in [-0.1, -0.05) is 24.8 Å². The number of piperidine rings is 1. The fraction of sp³-hybridized carbons (Fsp3) is 0.348. The molecule has 2 heterocycles. The van der Waals surface area contributed by atoms with Crippen LogP contribution in [0.15, 0.2) is 70.3 Å². The summed E-state index contributed by atoms with van der Waals surface area (Å²) in [5.74, 6) is 1.03. The van der Waals surface area contributed by atoms with E-state index in [0.717, 1.165) is 58.9 Å². The van der Waals surface area contributed by atoms with Gasteiger partial charge >= 0.3 is 0 Å². The molecule has 4 rings (SSSR count).